The zero-order chi connectivity index (χ0) is 13.0. The second kappa shape index (κ2) is 5.71. The number of nitrogens with zero attached hydrogens (tertiary/aromatic N) is 2. The van der Waals surface area contributed by atoms with E-state index in [1.807, 2.05) is 12.1 Å². The molecule has 1 atom stereocenters. The van der Waals surface area contributed by atoms with Crippen LogP contribution in [0, 0.1) is 0 Å². The number of carbonyl (C=O) groups excluding carboxylic acids is 1. The number of hydrogen-bond acceptors (Lipinski definition) is 5. The molecule has 0 aromatic carbocycles. The van der Waals surface area contributed by atoms with Crippen molar-refractivity contribution >= 4 is 17.5 Å². The van der Waals surface area contributed by atoms with Crippen LogP contribution in [0.3, 0.4) is 0 Å². The topological polar surface area (TPSA) is 54.5 Å². The van der Waals surface area contributed by atoms with Crippen LogP contribution in [0.1, 0.15) is 19.8 Å². The fraction of sp³-hybridized carbons (Fsp3) is 0.538. The maximum Gasteiger partial charge on any atom is 0.327 e. The van der Waals surface area contributed by atoms with Gasteiger partial charge >= 0.3 is 5.97 Å². The van der Waals surface area contributed by atoms with Crippen LogP contribution in [0.25, 0.3) is 0 Å². The lowest BCUT2D eigenvalue weighted by molar-refractivity contribution is -0.141. The smallest absolute Gasteiger partial charge is 0.327 e. The Balaban J connectivity index is 2.14. The molecule has 0 radical (unpaired) electrons. The molecule has 2 rings (SSSR count). The van der Waals surface area contributed by atoms with Crippen molar-refractivity contribution in [1.29, 1.82) is 0 Å². The van der Waals surface area contributed by atoms with E-state index in [-0.39, 0.29) is 12.0 Å². The van der Waals surface area contributed by atoms with E-state index in [9.17, 15) is 4.79 Å². The van der Waals surface area contributed by atoms with Crippen molar-refractivity contribution in [3.8, 4) is 0 Å². The number of anilines is 2. The Labute approximate surface area is 107 Å². The number of esters is 1. The van der Waals surface area contributed by atoms with E-state index in [1.54, 1.807) is 13.1 Å². The fourth-order valence-electron chi connectivity index (χ4n) is 2.16. The number of hydrogen-bond donors (Lipinski definition) is 1. The molecular formula is C13H19N3O2. The highest BCUT2D eigenvalue weighted by molar-refractivity contribution is 5.80. The van der Waals surface area contributed by atoms with Crippen molar-refractivity contribution in [1.82, 2.24) is 4.98 Å². The first-order chi connectivity index (χ1) is 8.72. The summed E-state index contributed by atoms with van der Waals surface area (Å²) in [5, 5.41) is 3.16. The Kier molecular flexibility index (Phi) is 4.02. The summed E-state index contributed by atoms with van der Waals surface area (Å²) in [6, 6.07) is 3.44. The van der Waals surface area contributed by atoms with Crippen LogP contribution in [0.2, 0.25) is 0 Å². The standard InChI is InChI=1S/C13H19N3O2/c1-10(13(17)18-2)15-11-6-5-7-14-12(11)16-8-3-4-9-16/h5-7,10,15H,3-4,8-9H2,1-2H3. The minimum absolute atomic E-state index is 0.272. The van der Waals surface area contributed by atoms with Crippen LogP contribution in [0.15, 0.2) is 18.3 Å². The fourth-order valence-corrected chi connectivity index (χ4v) is 2.16. The molecule has 0 aliphatic carbocycles. The van der Waals surface area contributed by atoms with Crippen molar-refractivity contribution in [2.75, 3.05) is 30.4 Å². The Morgan fingerprint density at radius 2 is 2.22 bits per heavy atom. The number of aromatic nitrogens is 1. The third kappa shape index (κ3) is 2.72. The maximum absolute atomic E-state index is 11.4. The molecule has 18 heavy (non-hydrogen) atoms. The van der Waals surface area contributed by atoms with Gasteiger partial charge in [-0.3, -0.25) is 0 Å². The average Bonchev–Trinajstić information content (AvgIpc) is 2.92. The van der Waals surface area contributed by atoms with Gasteiger partial charge in [-0.2, -0.15) is 0 Å². The molecule has 1 fully saturated rings. The molecule has 0 bridgehead atoms. The van der Waals surface area contributed by atoms with Crippen LogP contribution in [-0.2, 0) is 9.53 Å². The van der Waals surface area contributed by atoms with Crippen molar-refractivity contribution in [3.05, 3.63) is 18.3 Å². The molecule has 0 saturated carbocycles. The zero-order valence-corrected chi connectivity index (χ0v) is 10.8. The monoisotopic (exact) mass is 249 g/mol. The van der Waals surface area contributed by atoms with Crippen molar-refractivity contribution in [3.63, 3.8) is 0 Å². The minimum atomic E-state index is -0.374. The molecule has 98 valence electrons. The van der Waals surface area contributed by atoms with Crippen molar-refractivity contribution < 1.29 is 9.53 Å². The Hall–Kier alpha value is -1.78. The molecular weight excluding hydrogens is 230 g/mol. The molecule has 1 N–H and O–H groups in total. The number of pyridine rings is 1. The van der Waals surface area contributed by atoms with Gasteiger partial charge in [0.2, 0.25) is 0 Å². The number of nitrogens with one attached hydrogen (secondary N) is 1. The van der Waals surface area contributed by atoms with E-state index in [0.717, 1.165) is 24.6 Å². The van der Waals surface area contributed by atoms with Gasteiger partial charge in [-0.05, 0) is 31.9 Å². The Morgan fingerprint density at radius 1 is 1.50 bits per heavy atom. The number of methoxy groups -OCH3 is 1. The molecule has 0 amide bonds. The van der Waals surface area contributed by atoms with E-state index >= 15 is 0 Å². The summed E-state index contributed by atoms with van der Waals surface area (Å²) >= 11 is 0. The third-order valence-electron chi connectivity index (χ3n) is 3.12. The van der Waals surface area contributed by atoms with Gasteiger partial charge < -0.3 is 15.0 Å². The highest BCUT2D eigenvalue weighted by Crippen LogP contribution is 2.26. The molecule has 1 aliphatic rings. The highest BCUT2D eigenvalue weighted by Gasteiger charge is 2.19. The molecule has 1 aromatic rings. The van der Waals surface area contributed by atoms with Gasteiger partial charge in [-0.15, -0.1) is 0 Å². The highest BCUT2D eigenvalue weighted by atomic mass is 16.5. The second-order valence-corrected chi connectivity index (χ2v) is 4.46. The number of rotatable bonds is 4. The lowest BCUT2D eigenvalue weighted by Crippen LogP contribution is -2.29. The third-order valence-corrected chi connectivity index (χ3v) is 3.12. The normalized spacial score (nSPS) is 16.4. The summed E-state index contributed by atoms with van der Waals surface area (Å²) < 4.78 is 4.71. The van der Waals surface area contributed by atoms with Gasteiger partial charge in [0.15, 0.2) is 5.82 Å². The zero-order valence-electron chi connectivity index (χ0n) is 10.8. The molecule has 1 aromatic heterocycles. The average molecular weight is 249 g/mol. The Morgan fingerprint density at radius 3 is 2.89 bits per heavy atom. The summed E-state index contributed by atoms with van der Waals surface area (Å²) in [4.78, 5) is 18.1. The van der Waals surface area contributed by atoms with E-state index in [1.165, 1.54) is 20.0 Å². The quantitative estimate of drug-likeness (QED) is 0.822. The van der Waals surface area contributed by atoms with Crippen LogP contribution >= 0.6 is 0 Å². The number of ether oxygens (including phenoxy) is 1. The SMILES string of the molecule is COC(=O)C(C)Nc1cccnc1N1CCCC1. The summed E-state index contributed by atoms with van der Waals surface area (Å²) in [5.41, 5.74) is 0.886. The van der Waals surface area contributed by atoms with Crippen LogP contribution < -0.4 is 10.2 Å². The number of carbonyl (C=O) groups is 1. The summed E-state index contributed by atoms with van der Waals surface area (Å²) in [6.45, 7) is 3.84. The minimum Gasteiger partial charge on any atom is -0.467 e. The van der Waals surface area contributed by atoms with Crippen LogP contribution in [0.5, 0.6) is 0 Å². The molecule has 1 saturated heterocycles. The van der Waals surface area contributed by atoms with E-state index in [2.05, 4.69) is 15.2 Å². The predicted octanol–water partition coefficient (Wildman–Crippen LogP) is 1.66. The second-order valence-electron chi connectivity index (χ2n) is 4.46. The summed E-state index contributed by atoms with van der Waals surface area (Å²) in [6.07, 6.45) is 4.17. The first kappa shape index (κ1) is 12.7. The van der Waals surface area contributed by atoms with E-state index < -0.39 is 0 Å². The molecule has 2 heterocycles. The molecule has 1 aliphatic heterocycles. The van der Waals surface area contributed by atoms with Gasteiger partial charge in [0.05, 0.1) is 12.8 Å². The summed E-state index contributed by atoms with van der Waals surface area (Å²) in [7, 11) is 1.39. The maximum atomic E-state index is 11.4. The van der Waals surface area contributed by atoms with Gasteiger partial charge in [-0.1, -0.05) is 0 Å². The predicted molar refractivity (Wildman–Crippen MR) is 70.8 cm³/mol. The lowest BCUT2D eigenvalue weighted by Gasteiger charge is -2.22. The van der Waals surface area contributed by atoms with E-state index in [0.29, 0.717) is 0 Å². The Bertz CT molecular complexity index is 416. The van der Waals surface area contributed by atoms with E-state index in [4.69, 9.17) is 4.74 Å². The van der Waals surface area contributed by atoms with Crippen LogP contribution in [-0.4, -0.2) is 37.2 Å². The van der Waals surface area contributed by atoms with Crippen LogP contribution in [0.4, 0.5) is 11.5 Å². The lowest BCUT2D eigenvalue weighted by atomic mass is 10.3. The van der Waals surface area contributed by atoms with Crippen molar-refractivity contribution in [2.24, 2.45) is 0 Å². The molecule has 5 heteroatoms. The van der Waals surface area contributed by atoms with Gasteiger partial charge in [0, 0.05) is 19.3 Å². The summed E-state index contributed by atoms with van der Waals surface area (Å²) in [5.74, 6) is 0.650. The first-order valence-electron chi connectivity index (χ1n) is 6.26. The molecule has 0 spiro atoms. The van der Waals surface area contributed by atoms with Gasteiger partial charge in [-0.25, -0.2) is 9.78 Å². The first-order valence-corrected chi connectivity index (χ1v) is 6.26. The largest absolute Gasteiger partial charge is 0.467 e. The van der Waals surface area contributed by atoms with Crippen molar-refractivity contribution in [2.45, 2.75) is 25.8 Å². The molecule has 1 unspecified atom stereocenters. The molecule has 5 nitrogen and oxygen atoms in total. The van der Waals surface area contributed by atoms with Gasteiger partial charge in [0.1, 0.15) is 6.04 Å². The van der Waals surface area contributed by atoms with Gasteiger partial charge in [0.25, 0.3) is 0 Å².